The molecular formula is C11H24N2O2S. The van der Waals surface area contributed by atoms with Crippen molar-refractivity contribution in [2.45, 2.75) is 32.7 Å². The lowest BCUT2D eigenvalue weighted by Gasteiger charge is -2.28. The minimum Gasteiger partial charge on any atom is -0.299 e. The Balaban J connectivity index is 2.53. The molecule has 0 aromatic carbocycles. The van der Waals surface area contributed by atoms with E-state index >= 15 is 0 Å². The number of hydrogen-bond acceptors (Lipinski definition) is 3. The van der Waals surface area contributed by atoms with Gasteiger partial charge in [-0.15, -0.1) is 0 Å². The molecule has 0 spiro atoms. The summed E-state index contributed by atoms with van der Waals surface area (Å²) in [6.07, 6.45) is 3.58. The molecule has 0 amide bonds. The first-order chi connectivity index (χ1) is 7.30. The fourth-order valence-corrected chi connectivity index (χ4v) is 2.69. The minimum absolute atomic E-state index is 0.405. The summed E-state index contributed by atoms with van der Waals surface area (Å²) in [6, 6.07) is 0.405. The second-order valence-corrected chi connectivity index (χ2v) is 7.32. The molecule has 1 unspecified atom stereocenters. The summed E-state index contributed by atoms with van der Waals surface area (Å²) in [5.41, 5.74) is 0. The van der Waals surface area contributed by atoms with Gasteiger partial charge >= 0.3 is 0 Å². The van der Waals surface area contributed by atoms with E-state index in [4.69, 9.17) is 0 Å². The van der Waals surface area contributed by atoms with Crippen LogP contribution in [0.15, 0.2) is 0 Å². The molecule has 5 heteroatoms. The van der Waals surface area contributed by atoms with Gasteiger partial charge in [-0.1, -0.05) is 13.8 Å². The summed E-state index contributed by atoms with van der Waals surface area (Å²) in [6.45, 7) is 7.22. The normalized spacial score (nSPS) is 23.5. The van der Waals surface area contributed by atoms with E-state index in [9.17, 15) is 8.42 Å². The highest BCUT2D eigenvalue weighted by Crippen LogP contribution is 2.19. The van der Waals surface area contributed by atoms with E-state index in [2.05, 4.69) is 18.7 Å². The van der Waals surface area contributed by atoms with Gasteiger partial charge in [-0.3, -0.25) is 4.90 Å². The molecule has 0 aliphatic carbocycles. The highest BCUT2D eigenvalue weighted by molar-refractivity contribution is 7.88. The summed E-state index contributed by atoms with van der Waals surface area (Å²) in [5, 5.41) is 0. The molecule has 0 radical (unpaired) electrons. The average molecular weight is 248 g/mol. The largest absolute Gasteiger partial charge is 0.299 e. The van der Waals surface area contributed by atoms with E-state index in [1.165, 1.54) is 17.0 Å². The van der Waals surface area contributed by atoms with Crippen molar-refractivity contribution in [1.29, 1.82) is 0 Å². The smallest absolute Gasteiger partial charge is 0.211 e. The van der Waals surface area contributed by atoms with Crippen LogP contribution in [0.3, 0.4) is 0 Å². The fraction of sp³-hybridized carbons (Fsp3) is 1.00. The Morgan fingerprint density at radius 3 is 2.56 bits per heavy atom. The maximum atomic E-state index is 11.4. The molecule has 1 rings (SSSR count). The SMILES string of the molecule is CC(C)CN1CCCC1CN(C)S(C)(=O)=O. The number of nitrogens with zero attached hydrogens (tertiary/aromatic N) is 2. The van der Waals surface area contributed by atoms with Gasteiger partial charge in [0.15, 0.2) is 0 Å². The molecule has 1 aliphatic heterocycles. The Labute approximate surface area is 99.7 Å². The molecule has 1 atom stereocenters. The third-order valence-corrected chi connectivity index (χ3v) is 4.41. The maximum absolute atomic E-state index is 11.4. The lowest BCUT2D eigenvalue weighted by molar-refractivity contribution is 0.206. The van der Waals surface area contributed by atoms with Crippen molar-refractivity contribution in [2.24, 2.45) is 5.92 Å². The topological polar surface area (TPSA) is 40.6 Å². The Morgan fingerprint density at radius 2 is 2.06 bits per heavy atom. The van der Waals surface area contributed by atoms with Crippen molar-refractivity contribution in [2.75, 3.05) is 32.9 Å². The molecule has 1 aliphatic rings. The van der Waals surface area contributed by atoms with Gasteiger partial charge in [0, 0.05) is 26.2 Å². The van der Waals surface area contributed by atoms with Crippen molar-refractivity contribution in [3.8, 4) is 0 Å². The Morgan fingerprint density at radius 1 is 1.44 bits per heavy atom. The predicted octanol–water partition coefficient (Wildman–Crippen LogP) is 0.998. The van der Waals surface area contributed by atoms with Gasteiger partial charge in [-0.25, -0.2) is 12.7 Å². The summed E-state index contributed by atoms with van der Waals surface area (Å²) >= 11 is 0. The molecule has 0 saturated carbocycles. The third-order valence-electron chi connectivity index (χ3n) is 3.13. The van der Waals surface area contributed by atoms with Crippen LogP contribution >= 0.6 is 0 Å². The molecule has 0 bridgehead atoms. The molecule has 0 N–H and O–H groups in total. The molecule has 1 heterocycles. The van der Waals surface area contributed by atoms with Crippen molar-refractivity contribution in [1.82, 2.24) is 9.21 Å². The van der Waals surface area contributed by atoms with E-state index in [-0.39, 0.29) is 0 Å². The number of likely N-dealkylation sites (tertiary alicyclic amines) is 1. The summed E-state index contributed by atoms with van der Waals surface area (Å²) in [4.78, 5) is 2.42. The van der Waals surface area contributed by atoms with E-state index in [0.717, 1.165) is 19.5 Å². The standard InChI is InChI=1S/C11H24N2O2S/c1-10(2)8-13-7-5-6-11(13)9-12(3)16(4,14)15/h10-11H,5-9H2,1-4H3. The Bertz CT molecular complexity index is 314. The van der Waals surface area contributed by atoms with Gasteiger partial charge in [0.05, 0.1) is 6.26 Å². The lowest BCUT2D eigenvalue weighted by Crippen LogP contribution is -2.42. The summed E-state index contributed by atoms with van der Waals surface area (Å²) in [5.74, 6) is 0.643. The molecular weight excluding hydrogens is 224 g/mol. The van der Waals surface area contributed by atoms with Crippen LogP contribution < -0.4 is 0 Å². The van der Waals surface area contributed by atoms with Crippen LogP contribution in [0.4, 0.5) is 0 Å². The molecule has 0 aromatic heterocycles. The molecule has 4 nitrogen and oxygen atoms in total. The zero-order chi connectivity index (χ0) is 12.3. The van der Waals surface area contributed by atoms with Gasteiger partial charge < -0.3 is 0 Å². The summed E-state index contributed by atoms with van der Waals surface area (Å²) in [7, 11) is -1.37. The van der Waals surface area contributed by atoms with Crippen molar-refractivity contribution in [3.63, 3.8) is 0 Å². The van der Waals surface area contributed by atoms with Crippen LogP contribution in [-0.4, -0.2) is 56.6 Å². The monoisotopic (exact) mass is 248 g/mol. The highest BCUT2D eigenvalue weighted by atomic mass is 32.2. The van der Waals surface area contributed by atoms with Crippen LogP contribution in [0.2, 0.25) is 0 Å². The number of hydrogen-bond donors (Lipinski definition) is 0. The van der Waals surface area contributed by atoms with Gasteiger partial charge in [0.25, 0.3) is 0 Å². The fourth-order valence-electron chi connectivity index (χ4n) is 2.24. The molecule has 1 saturated heterocycles. The number of rotatable bonds is 5. The van der Waals surface area contributed by atoms with Gasteiger partial charge in [0.2, 0.25) is 10.0 Å². The molecule has 1 fully saturated rings. The van der Waals surface area contributed by atoms with Crippen LogP contribution in [-0.2, 0) is 10.0 Å². The zero-order valence-electron chi connectivity index (χ0n) is 10.8. The molecule has 96 valence electrons. The van der Waals surface area contributed by atoms with Crippen LogP contribution in [0.5, 0.6) is 0 Å². The predicted molar refractivity (Wildman–Crippen MR) is 66.9 cm³/mol. The first-order valence-electron chi connectivity index (χ1n) is 5.96. The maximum Gasteiger partial charge on any atom is 0.211 e. The Kier molecular flexibility index (Phi) is 4.76. The second kappa shape index (κ2) is 5.47. The highest BCUT2D eigenvalue weighted by Gasteiger charge is 2.27. The Hall–Kier alpha value is -0.130. The first-order valence-corrected chi connectivity index (χ1v) is 7.81. The quantitative estimate of drug-likeness (QED) is 0.729. The van der Waals surface area contributed by atoms with Crippen molar-refractivity contribution >= 4 is 10.0 Å². The van der Waals surface area contributed by atoms with E-state index in [0.29, 0.717) is 18.5 Å². The second-order valence-electron chi connectivity index (χ2n) is 5.23. The van der Waals surface area contributed by atoms with Crippen LogP contribution in [0, 0.1) is 5.92 Å². The van der Waals surface area contributed by atoms with Crippen LogP contribution in [0.25, 0.3) is 0 Å². The van der Waals surface area contributed by atoms with Gasteiger partial charge in [-0.2, -0.15) is 0 Å². The molecule has 16 heavy (non-hydrogen) atoms. The summed E-state index contributed by atoms with van der Waals surface area (Å²) < 4.78 is 24.2. The first kappa shape index (κ1) is 13.9. The van der Waals surface area contributed by atoms with Crippen molar-refractivity contribution < 1.29 is 8.42 Å². The van der Waals surface area contributed by atoms with Gasteiger partial charge in [0.1, 0.15) is 0 Å². The molecule has 0 aromatic rings. The number of likely N-dealkylation sites (N-methyl/N-ethyl adjacent to an activating group) is 1. The average Bonchev–Trinajstić information content (AvgIpc) is 2.50. The zero-order valence-corrected chi connectivity index (χ0v) is 11.6. The minimum atomic E-state index is -3.04. The van der Waals surface area contributed by atoms with E-state index in [1.807, 2.05) is 0 Å². The van der Waals surface area contributed by atoms with Crippen molar-refractivity contribution in [3.05, 3.63) is 0 Å². The van der Waals surface area contributed by atoms with Gasteiger partial charge in [-0.05, 0) is 25.3 Å². The number of sulfonamides is 1. The van der Waals surface area contributed by atoms with E-state index in [1.54, 1.807) is 7.05 Å². The van der Waals surface area contributed by atoms with Crippen LogP contribution in [0.1, 0.15) is 26.7 Å². The third kappa shape index (κ3) is 4.03. The van der Waals surface area contributed by atoms with E-state index < -0.39 is 10.0 Å². The lowest BCUT2D eigenvalue weighted by atomic mass is 10.1.